The molecule has 3 rings (SSSR count). The lowest BCUT2D eigenvalue weighted by atomic mass is 9.97. The Bertz CT molecular complexity index is 874. The molecule has 1 unspecified atom stereocenters. The molecule has 140 valence electrons. The number of aryl methyl sites for hydroxylation is 2. The van der Waals surface area contributed by atoms with Gasteiger partial charge in [-0.1, -0.05) is 0 Å². The van der Waals surface area contributed by atoms with Crippen LogP contribution in [0, 0.1) is 12.8 Å². The second-order valence-electron chi connectivity index (χ2n) is 6.78. The van der Waals surface area contributed by atoms with E-state index in [1.165, 1.54) is 12.8 Å². The standard InChI is InChI=1S/C19H24N2O4S/c1-13-9-18(25-12-14-3-4-14)17(10-15(13)7-8-20-26(23)24)16-5-6-19(22)21(2)11-16/h5-6,9-11,14,20H,3-4,7-8,12H2,1-2H3,(H,23,24)/p-1. The minimum atomic E-state index is -2.26. The normalized spacial score (nSPS) is 15.0. The van der Waals surface area contributed by atoms with E-state index in [4.69, 9.17) is 4.74 Å². The summed E-state index contributed by atoms with van der Waals surface area (Å²) in [4.78, 5) is 11.7. The van der Waals surface area contributed by atoms with Gasteiger partial charge in [-0.15, -0.1) is 0 Å². The number of hydrogen-bond acceptors (Lipinski definition) is 4. The average Bonchev–Trinajstić information content (AvgIpc) is 3.41. The van der Waals surface area contributed by atoms with Crippen molar-refractivity contribution in [1.82, 2.24) is 9.29 Å². The Morgan fingerprint density at radius 1 is 1.35 bits per heavy atom. The summed E-state index contributed by atoms with van der Waals surface area (Å²) in [6.45, 7) is 3.04. The lowest BCUT2D eigenvalue weighted by molar-refractivity contribution is 0.300. The van der Waals surface area contributed by atoms with Crippen LogP contribution in [0.25, 0.3) is 11.1 Å². The monoisotopic (exact) mass is 375 g/mol. The molecule has 0 saturated heterocycles. The van der Waals surface area contributed by atoms with Crippen molar-refractivity contribution >= 4 is 11.3 Å². The van der Waals surface area contributed by atoms with Crippen LogP contribution < -0.4 is 15.0 Å². The van der Waals surface area contributed by atoms with Gasteiger partial charge >= 0.3 is 0 Å². The zero-order chi connectivity index (χ0) is 18.7. The highest BCUT2D eigenvalue weighted by molar-refractivity contribution is 7.77. The number of rotatable bonds is 8. The third kappa shape index (κ3) is 4.81. The first-order valence-electron chi connectivity index (χ1n) is 8.70. The highest BCUT2D eigenvalue weighted by atomic mass is 32.2. The molecule has 0 aliphatic heterocycles. The van der Waals surface area contributed by atoms with Crippen molar-refractivity contribution in [2.45, 2.75) is 26.2 Å². The first-order chi connectivity index (χ1) is 12.4. The van der Waals surface area contributed by atoms with E-state index < -0.39 is 11.3 Å². The Morgan fingerprint density at radius 3 is 2.77 bits per heavy atom. The van der Waals surface area contributed by atoms with Crippen molar-refractivity contribution in [3.8, 4) is 16.9 Å². The van der Waals surface area contributed by atoms with E-state index in [1.807, 2.05) is 19.1 Å². The van der Waals surface area contributed by atoms with Gasteiger partial charge in [0.15, 0.2) is 0 Å². The Balaban J connectivity index is 1.94. The molecular weight excluding hydrogens is 352 g/mol. The Morgan fingerprint density at radius 2 is 2.12 bits per heavy atom. The summed E-state index contributed by atoms with van der Waals surface area (Å²) in [6.07, 6.45) is 4.81. The first-order valence-corrected chi connectivity index (χ1v) is 9.77. The zero-order valence-electron chi connectivity index (χ0n) is 15.0. The number of nitrogens with zero attached hydrogens (tertiary/aromatic N) is 1. The molecule has 1 saturated carbocycles. The highest BCUT2D eigenvalue weighted by Gasteiger charge is 2.23. The molecule has 1 aliphatic rings. The quantitative estimate of drug-likeness (QED) is 0.716. The summed E-state index contributed by atoms with van der Waals surface area (Å²) >= 11 is -2.26. The van der Waals surface area contributed by atoms with Crippen molar-refractivity contribution < 1.29 is 13.5 Å². The SMILES string of the molecule is Cc1cc(OCC2CC2)c(-c2ccc(=O)n(C)c2)cc1CCNS(=O)[O-]. The van der Waals surface area contributed by atoms with Crippen LogP contribution in [0.1, 0.15) is 24.0 Å². The predicted molar refractivity (Wildman–Crippen MR) is 101 cm³/mol. The molecule has 0 bridgehead atoms. The number of ether oxygens (including phenoxy) is 1. The van der Waals surface area contributed by atoms with E-state index in [1.54, 1.807) is 29.9 Å². The van der Waals surface area contributed by atoms with Crippen molar-refractivity contribution in [3.63, 3.8) is 0 Å². The van der Waals surface area contributed by atoms with Crippen LogP contribution in [0.2, 0.25) is 0 Å². The van der Waals surface area contributed by atoms with E-state index >= 15 is 0 Å². The molecule has 7 heteroatoms. The summed E-state index contributed by atoms with van der Waals surface area (Å²) < 4.78 is 31.4. The number of benzene rings is 1. The number of pyridine rings is 1. The minimum Gasteiger partial charge on any atom is -0.760 e. The summed E-state index contributed by atoms with van der Waals surface area (Å²) in [5.41, 5.74) is 3.86. The summed E-state index contributed by atoms with van der Waals surface area (Å²) in [5.74, 6) is 1.44. The van der Waals surface area contributed by atoms with Gasteiger partial charge in [-0.3, -0.25) is 9.00 Å². The topological polar surface area (TPSA) is 83.4 Å². The van der Waals surface area contributed by atoms with E-state index in [-0.39, 0.29) is 5.56 Å². The van der Waals surface area contributed by atoms with Crippen LogP contribution in [-0.4, -0.2) is 26.5 Å². The molecule has 0 amide bonds. The number of aromatic nitrogens is 1. The van der Waals surface area contributed by atoms with Crippen molar-refractivity contribution in [2.24, 2.45) is 13.0 Å². The molecule has 1 heterocycles. The molecule has 1 aromatic carbocycles. The second kappa shape index (κ2) is 8.16. The fraction of sp³-hybridized carbons (Fsp3) is 0.421. The van der Waals surface area contributed by atoms with Gasteiger partial charge in [-0.25, -0.2) is 4.72 Å². The zero-order valence-corrected chi connectivity index (χ0v) is 15.8. The molecule has 2 aromatic rings. The molecule has 1 aromatic heterocycles. The van der Waals surface area contributed by atoms with Crippen LogP contribution in [0.5, 0.6) is 5.75 Å². The predicted octanol–water partition coefficient (Wildman–Crippen LogP) is 2.08. The maximum absolute atomic E-state index is 11.7. The molecule has 26 heavy (non-hydrogen) atoms. The van der Waals surface area contributed by atoms with Crippen LogP contribution in [-0.2, 0) is 24.7 Å². The molecule has 6 nitrogen and oxygen atoms in total. The second-order valence-corrected chi connectivity index (χ2v) is 7.53. The van der Waals surface area contributed by atoms with Crippen molar-refractivity contribution in [3.05, 3.63) is 51.9 Å². The summed E-state index contributed by atoms with van der Waals surface area (Å²) in [5, 5.41) is 0. The molecule has 1 atom stereocenters. The van der Waals surface area contributed by atoms with Crippen LogP contribution >= 0.6 is 0 Å². The largest absolute Gasteiger partial charge is 0.760 e. The van der Waals surface area contributed by atoms with Gasteiger partial charge < -0.3 is 13.9 Å². The maximum atomic E-state index is 11.7. The first kappa shape index (κ1) is 18.8. The van der Waals surface area contributed by atoms with E-state index in [2.05, 4.69) is 4.72 Å². The van der Waals surface area contributed by atoms with Crippen LogP contribution in [0.4, 0.5) is 0 Å². The summed E-state index contributed by atoms with van der Waals surface area (Å²) in [6, 6.07) is 7.38. The van der Waals surface area contributed by atoms with Gasteiger partial charge in [0.1, 0.15) is 5.75 Å². The van der Waals surface area contributed by atoms with Crippen LogP contribution in [0.15, 0.2) is 35.3 Å². The van der Waals surface area contributed by atoms with Gasteiger partial charge in [0.25, 0.3) is 0 Å². The van der Waals surface area contributed by atoms with E-state index in [0.717, 1.165) is 28.0 Å². The molecule has 1 N–H and O–H groups in total. The number of hydrogen-bond donors (Lipinski definition) is 1. The molecule has 1 aliphatic carbocycles. The third-order valence-corrected chi connectivity index (χ3v) is 5.06. The number of nitrogens with one attached hydrogen (secondary N) is 1. The van der Waals surface area contributed by atoms with Crippen molar-refractivity contribution in [1.29, 1.82) is 0 Å². The van der Waals surface area contributed by atoms with Crippen molar-refractivity contribution in [2.75, 3.05) is 13.2 Å². The van der Waals surface area contributed by atoms with Gasteiger partial charge in [-0.05, 0) is 61.4 Å². The lowest BCUT2D eigenvalue weighted by Crippen LogP contribution is -2.19. The smallest absolute Gasteiger partial charge is 0.250 e. The minimum absolute atomic E-state index is 0.0661. The van der Waals surface area contributed by atoms with Gasteiger partial charge in [0, 0.05) is 48.2 Å². The maximum Gasteiger partial charge on any atom is 0.250 e. The summed E-state index contributed by atoms with van der Waals surface area (Å²) in [7, 11) is 1.72. The van der Waals surface area contributed by atoms with E-state index in [0.29, 0.717) is 25.5 Å². The van der Waals surface area contributed by atoms with Crippen LogP contribution in [0.3, 0.4) is 0 Å². The third-order valence-electron chi connectivity index (χ3n) is 4.62. The lowest BCUT2D eigenvalue weighted by Gasteiger charge is -2.17. The highest BCUT2D eigenvalue weighted by Crippen LogP contribution is 2.35. The Labute approximate surface area is 155 Å². The molecular formula is C19H23N2O4S-. The average molecular weight is 375 g/mol. The van der Waals surface area contributed by atoms with Gasteiger partial charge in [0.2, 0.25) is 5.56 Å². The Hall–Kier alpha value is -1.96. The van der Waals surface area contributed by atoms with Gasteiger partial charge in [0.05, 0.1) is 6.61 Å². The molecule has 0 spiro atoms. The van der Waals surface area contributed by atoms with E-state index in [9.17, 15) is 13.6 Å². The fourth-order valence-corrected chi connectivity index (χ4v) is 3.12. The Kier molecular flexibility index (Phi) is 5.90. The molecule has 1 fully saturated rings. The molecule has 0 radical (unpaired) electrons. The van der Waals surface area contributed by atoms with Gasteiger partial charge in [-0.2, -0.15) is 0 Å². The fourth-order valence-electron chi connectivity index (χ4n) is 2.86.